The van der Waals surface area contributed by atoms with Crippen molar-refractivity contribution in [2.75, 3.05) is 6.54 Å². The van der Waals surface area contributed by atoms with Crippen LogP contribution in [-0.4, -0.2) is 23.2 Å². The normalized spacial score (nSPS) is 28.0. The molecule has 1 amide bonds. The predicted molar refractivity (Wildman–Crippen MR) is 73.6 cm³/mol. The first kappa shape index (κ1) is 13.6. The van der Waals surface area contributed by atoms with E-state index in [4.69, 9.17) is 0 Å². The lowest BCUT2D eigenvalue weighted by Crippen LogP contribution is -2.46. The van der Waals surface area contributed by atoms with Gasteiger partial charge in [0.25, 0.3) is 0 Å². The lowest BCUT2D eigenvalue weighted by Gasteiger charge is -2.35. The second-order valence-corrected chi connectivity index (χ2v) is 6.49. The number of rotatable bonds is 4. The largest absolute Gasteiger partial charge is 0.388 e. The van der Waals surface area contributed by atoms with Crippen LogP contribution in [0.4, 0.5) is 0 Å². The van der Waals surface area contributed by atoms with Gasteiger partial charge in [-0.25, -0.2) is 0 Å². The summed E-state index contributed by atoms with van der Waals surface area (Å²) in [5, 5.41) is 15.2. The molecule has 1 fully saturated rings. The van der Waals surface area contributed by atoms with Crippen LogP contribution in [0.2, 0.25) is 0 Å². The fraction of sp³-hybridized carbons (Fsp3) is 0.643. The van der Waals surface area contributed by atoms with E-state index >= 15 is 0 Å². The van der Waals surface area contributed by atoms with E-state index in [2.05, 4.69) is 12.2 Å². The second-order valence-electron chi connectivity index (χ2n) is 5.46. The fourth-order valence-corrected chi connectivity index (χ4v) is 3.39. The molecule has 0 aromatic carbocycles. The summed E-state index contributed by atoms with van der Waals surface area (Å²) < 4.78 is 0. The average Bonchev–Trinajstić information content (AvgIpc) is 2.79. The predicted octanol–water partition coefficient (Wildman–Crippen LogP) is 2.35. The highest BCUT2D eigenvalue weighted by atomic mass is 32.1. The SMILES string of the molecule is CC1CCCC(O)(CNC(=O)Cc2cccs2)C1. The number of hydrogen-bond donors (Lipinski definition) is 2. The fourth-order valence-electron chi connectivity index (χ4n) is 2.69. The summed E-state index contributed by atoms with van der Waals surface area (Å²) in [5.74, 6) is 0.557. The number of carbonyl (C=O) groups excluding carboxylic acids is 1. The van der Waals surface area contributed by atoms with Gasteiger partial charge >= 0.3 is 0 Å². The second kappa shape index (κ2) is 5.85. The first-order valence-corrected chi connectivity index (χ1v) is 7.47. The van der Waals surface area contributed by atoms with E-state index in [1.807, 2.05) is 17.5 Å². The van der Waals surface area contributed by atoms with Crippen LogP contribution in [0.25, 0.3) is 0 Å². The van der Waals surface area contributed by atoms with Gasteiger partial charge in [-0.15, -0.1) is 11.3 Å². The first-order valence-electron chi connectivity index (χ1n) is 6.59. The minimum absolute atomic E-state index is 0.00380. The Labute approximate surface area is 112 Å². The molecule has 18 heavy (non-hydrogen) atoms. The minimum Gasteiger partial charge on any atom is -0.388 e. The summed E-state index contributed by atoms with van der Waals surface area (Å²) in [6.45, 7) is 2.55. The smallest absolute Gasteiger partial charge is 0.225 e. The number of hydrogen-bond acceptors (Lipinski definition) is 3. The van der Waals surface area contributed by atoms with Crippen LogP contribution in [0.3, 0.4) is 0 Å². The maximum Gasteiger partial charge on any atom is 0.225 e. The zero-order valence-electron chi connectivity index (χ0n) is 10.8. The maximum absolute atomic E-state index is 11.8. The molecule has 1 aromatic heterocycles. The van der Waals surface area contributed by atoms with E-state index in [0.29, 0.717) is 18.9 Å². The molecule has 2 atom stereocenters. The highest BCUT2D eigenvalue weighted by Gasteiger charge is 2.32. The summed E-state index contributed by atoms with van der Waals surface area (Å²) in [4.78, 5) is 12.8. The van der Waals surface area contributed by atoms with Crippen LogP contribution in [0.15, 0.2) is 17.5 Å². The quantitative estimate of drug-likeness (QED) is 0.880. The molecule has 1 aromatic rings. The Hall–Kier alpha value is -0.870. The molecule has 0 aliphatic heterocycles. The zero-order chi connectivity index (χ0) is 13.0. The Kier molecular flexibility index (Phi) is 4.40. The van der Waals surface area contributed by atoms with Crippen molar-refractivity contribution < 1.29 is 9.90 Å². The highest BCUT2D eigenvalue weighted by Crippen LogP contribution is 2.31. The molecule has 4 heteroatoms. The number of thiophene rings is 1. The lowest BCUT2D eigenvalue weighted by atomic mass is 9.79. The lowest BCUT2D eigenvalue weighted by molar-refractivity contribution is -0.122. The summed E-state index contributed by atoms with van der Waals surface area (Å²) in [6, 6.07) is 3.91. The molecule has 0 spiro atoms. The van der Waals surface area contributed by atoms with Gasteiger partial charge in [0.2, 0.25) is 5.91 Å². The first-order chi connectivity index (χ1) is 8.57. The van der Waals surface area contributed by atoms with Crippen molar-refractivity contribution in [3.8, 4) is 0 Å². The van der Waals surface area contributed by atoms with Crippen molar-refractivity contribution in [2.45, 2.75) is 44.6 Å². The molecule has 0 radical (unpaired) electrons. The average molecular weight is 267 g/mol. The number of carbonyl (C=O) groups is 1. The van der Waals surface area contributed by atoms with Gasteiger partial charge < -0.3 is 10.4 Å². The summed E-state index contributed by atoms with van der Waals surface area (Å²) in [6.07, 6.45) is 4.26. The summed E-state index contributed by atoms with van der Waals surface area (Å²) >= 11 is 1.59. The third-order valence-electron chi connectivity index (χ3n) is 3.60. The van der Waals surface area contributed by atoms with E-state index in [-0.39, 0.29) is 5.91 Å². The van der Waals surface area contributed by atoms with Crippen molar-refractivity contribution in [1.29, 1.82) is 0 Å². The van der Waals surface area contributed by atoms with Crippen LogP contribution in [-0.2, 0) is 11.2 Å². The van der Waals surface area contributed by atoms with E-state index < -0.39 is 5.60 Å². The van der Waals surface area contributed by atoms with E-state index in [9.17, 15) is 9.90 Å². The van der Waals surface area contributed by atoms with Crippen LogP contribution in [0, 0.1) is 5.92 Å². The monoisotopic (exact) mass is 267 g/mol. The third-order valence-corrected chi connectivity index (χ3v) is 4.47. The molecule has 1 aliphatic rings. The standard InChI is InChI=1S/C14H21NO2S/c1-11-4-2-6-14(17,9-11)10-15-13(16)8-12-5-3-7-18-12/h3,5,7,11,17H,2,4,6,8-10H2,1H3,(H,15,16). The van der Waals surface area contributed by atoms with Crippen molar-refractivity contribution in [3.63, 3.8) is 0 Å². The minimum atomic E-state index is -0.692. The topological polar surface area (TPSA) is 49.3 Å². The van der Waals surface area contributed by atoms with Gasteiger partial charge in [-0.3, -0.25) is 4.79 Å². The molecule has 2 unspecified atom stereocenters. The van der Waals surface area contributed by atoms with E-state index in [0.717, 1.165) is 24.1 Å². The van der Waals surface area contributed by atoms with E-state index in [1.54, 1.807) is 11.3 Å². The number of amides is 1. The molecular formula is C14H21NO2S. The Balaban J connectivity index is 1.78. The molecule has 2 N–H and O–H groups in total. The number of nitrogens with one attached hydrogen (secondary N) is 1. The Morgan fingerprint density at radius 1 is 1.67 bits per heavy atom. The van der Waals surface area contributed by atoms with Crippen molar-refractivity contribution in [2.24, 2.45) is 5.92 Å². The molecule has 2 rings (SSSR count). The van der Waals surface area contributed by atoms with Gasteiger partial charge in [-0.1, -0.05) is 25.8 Å². The van der Waals surface area contributed by atoms with Gasteiger partial charge in [-0.05, 0) is 30.2 Å². The van der Waals surface area contributed by atoms with Crippen LogP contribution >= 0.6 is 11.3 Å². The molecule has 0 saturated heterocycles. The number of aliphatic hydroxyl groups is 1. The molecule has 1 saturated carbocycles. The molecule has 0 bridgehead atoms. The Bertz CT molecular complexity index is 391. The van der Waals surface area contributed by atoms with Gasteiger partial charge in [0.05, 0.1) is 12.0 Å². The Morgan fingerprint density at radius 3 is 3.17 bits per heavy atom. The molecular weight excluding hydrogens is 246 g/mol. The van der Waals surface area contributed by atoms with E-state index in [1.165, 1.54) is 6.42 Å². The van der Waals surface area contributed by atoms with Crippen molar-refractivity contribution in [1.82, 2.24) is 5.32 Å². The highest BCUT2D eigenvalue weighted by molar-refractivity contribution is 7.10. The Morgan fingerprint density at radius 2 is 2.50 bits per heavy atom. The van der Waals surface area contributed by atoms with Gasteiger partial charge in [0.15, 0.2) is 0 Å². The third kappa shape index (κ3) is 3.82. The van der Waals surface area contributed by atoms with Crippen molar-refractivity contribution >= 4 is 17.2 Å². The van der Waals surface area contributed by atoms with Crippen LogP contribution < -0.4 is 5.32 Å². The molecule has 1 heterocycles. The zero-order valence-corrected chi connectivity index (χ0v) is 11.6. The van der Waals surface area contributed by atoms with Crippen LogP contribution in [0.5, 0.6) is 0 Å². The van der Waals surface area contributed by atoms with Gasteiger partial charge in [0.1, 0.15) is 0 Å². The van der Waals surface area contributed by atoms with Crippen LogP contribution in [0.1, 0.15) is 37.5 Å². The molecule has 1 aliphatic carbocycles. The molecule has 3 nitrogen and oxygen atoms in total. The maximum atomic E-state index is 11.8. The molecule has 100 valence electrons. The van der Waals surface area contributed by atoms with Gasteiger partial charge in [-0.2, -0.15) is 0 Å². The van der Waals surface area contributed by atoms with Crippen molar-refractivity contribution in [3.05, 3.63) is 22.4 Å². The summed E-state index contributed by atoms with van der Waals surface area (Å²) in [5.41, 5.74) is -0.692. The summed E-state index contributed by atoms with van der Waals surface area (Å²) in [7, 11) is 0. The van der Waals surface area contributed by atoms with Gasteiger partial charge in [0, 0.05) is 11.4 Å².